The molecule has 2 unspecified atom stereocenters. The van der Waals surface area contributed by atoms with Crippen LogP contribution in [0, 0.1) is 5.92 Å². The van der Waals surface area contributed by atoms with Crippen molar-refractivity contribution in [2.45, 2.75) is 67.3 Å². The predicted octanol–water partition coefficient (Wildman–Crippen LogP) is 12.6. The van der Waals surface area contributed by atoms with Crippen LogP contribution in [0.2, 0.25) is 13.1 Å². The molecule has 4 aromatic rings. The van der Waals surface area contributed by atoms with E-state index in [4.69, 9.17) is 17.0 Å². The Labute approximate surface area is 274 Å². The van der Waals surface area contributed by atoms with Crippen molar-refractivity contribution < 1.29 is 15.6 Å². The number of unbranched alkanes of at least 4 members (excludes halogenated alkanes) is 1. The molecule has 0 heterocycles. The minimum absolute atomic E-state index is 0.101. The molecule has 0 radical (unpaired) electrons. The molecule has 0 amide bonds. The van der Waals surface area contributed by atoms with E-state index in [2.05, 4.69) is 144 Å². The molecule has 4 aromatic carbocycles. The molecule has 2 aliphatic rings. The fourth-order valence-electron chi connectivity index (χ4n) is 8.13. The summed E-state index contributed by atoms with van der Waals surface area (Å²) in [6.07, 6.45) is 8.34. The Morgan fingerprint density at radius 2 is 1.34 bits per heavy atom. The van der Waals surface area contributed by atoms with Crippen LogP contribution >= 0.6 is 17.0 Å². The standard InChI is InChI=1S/C20H21.C18H17.C2H7Si.2ClH.Zr/c1-3-4-8-17-11-12-18(16-9-6-5-7-10-16)20-14-15(2)13-19(17)20;1-13(2)16-11-15-9-6-10-17(18(15)12-16)14-7-4-3-5-8-14;1-3-2;;;/h5-7,9-14H,3-4,8H2,1-2H3;3-13H,1-2H3;3H,1-2H3;2*1H;/q;;;;;+2/p-2. The van der Waals surface area contributed by atoms with E-state index in [1.807, 2.05) is 0 Å². The van der Waals surface area contributed by atoms with Crippen LogP contribution in [0.1, 0.15) is 75.6 Å². The zero-order valence-electron chi connectivity index (χ0n) is 27.0. The van der Waals surface area contributed by atoms with Crippen molar-refractivity contribution in [1.29, 1.82) is 0 Å². The van der Waals surface area contributed by atoms with Crippen LogP contribution in [-0.4, -0.2) is 5.92 Å². The van der Waals surface area contributed by atoms with Gasteiger partial charge in [0.05, 0.1) is 0 Å². The molecule has 0 saturated carbocycles. The van der Waals surface area contributed by atoms with E-state index in [0.29, 0.717) is 5.92 Å². The third kappa shape index (κ3) is 5.13. The number of halogens is 2. The molecular weight excluding hydrogens is 671 g/mol. The number of aryl methyl sites for hydroxylation is 1. The number of benzene rings is 4. The third-order valence-corrected chi connectivity index (χ3v) is 62.3. The van der Waals surface area contributed by atoms with Gasteiger partial charge < -0.3 is 0 Å². The summed E-state index contributed by atoms with van der Waals surface area (Å²) in [5, 5.41) is 0. The molecule has 6 rings (SSSR count). The number of allylic oxidation sites excluding steroid dienone is 2. The molecular formula is C40H45Cl2SiZr. The van der Waals surface area contributed by atoms with Gasteiger partial charge in [-0.15, -0.1) is 0 Å². The first kappa shape index (κ1) is 32.0. The fourth-order valence-corrected chi connectivity index (χ4v) is 40.3. The molecule has 2 atom stereocenters. The Bertz CT molecular complexity index is 1750. The molecule has 0 aliphatic heterocycles. The summed E-state index contributed by atoms with van der Waals surface area (Å²) >= 11 is -4.83. The van der Waals surface area contributed by atoms with Crippen LogP contribution in [0.15, 0.2) is 102 Å². The second-order valence-corrected chi connectivity index (χ2v) is 56.2. The van der Waals surface area contributed by atoms with Crippen LogP contribution in [0.4, 0.5) is 0 Å². The van der Waals surface area contributed by atoms with E-state index < -0.39 is 21.5 Å². The average Bonchev–Trinajstić information content (AvgIpc) is 3.60. The monoisotopic (exact) mass is 713 g/mol. The zero-order chi connectivity index (χ0) is 31.2. The molecule has 2 aliphatic carbocycles. The Morgan fingerprint density at radius 1 is 0.727 bits per heavy atom. The quantitative estimate of drug-likeness (QED) is 0.151. The Hall–Kier alpha value is -1.96. The van der Waals surface area contributed by atoms with E-state index in [0.717, 1.165) is 6.42 Å². The van der Waals surface area contributed by atoms with Gasteiger partial charge in [-0.25, -0.2) is 0 Å². The fraction of sp³-hybridized carbons (Fsp3) is 0.300. The summed E-state index contributed by atoms with van der Waals surface area (Å²) in [7, 11) is 17.4. The first-order chi connectivity index (χ1) is 21.1. The normalized spacial score (nSPS) is 18.5. The third-order valence-electron chi connectivity index (χ3n) is 10.4. The first-order valence-electron chi connectivity index (χ1n) is 16.4. The molecule has 0 aromatic heterocycles. The maximum absolute atomic E-state index is 8.69. The summed E-state index contributed by atoms with van der Waals surface area (Å²) in [5.41, 5.74) is 14.9. The van der Waals surface area contributed by atoms with Gasteiger partial charge in [-0.2, -0.15) is 0 Å². The summed E-state index contributed by atoms with van der Waals surface area (Å²) < 4.78 is 0.208. The van der Waals surface area contributed by atoms with Crippen molar-refractivity contribution in [1.82, 2.24) is 0 Å². The second-order valence-electron chi connectivity index (χ2n) is 13.7. The van der Waals surface area contributed by atoms with Gasteiger partial charge in [-0.3, -0.25) is 0 Å². The maximum atomic E-state index is 8.69. The van der Waals surface area contributed by atoms with Crippen molar-refractivity contribution >= 4 is 35.1 Å². The molecule has 0 nitrogen and oxygen atoms in total. The number of rotatable bonds is 9. The van der Waals surface area contributed by atoms with Crippen molar-refractivity contribution in [3.63, 3.8) is 0 Å². The van der Waals surface area contributed by atoms with Crippen LogP contribution in [0.5, 0.6) is 0 Å². The van der Waals surface area contributed by atoms with E-state index in [-0.39, 0.29) is 7.25 Å². The van der Waals surface area contributed by atoms with Crippen molar-refractivity contribution in [3.05, 3.63) is 130 Å². The summed E-state index contributed by atoms with van der Waals surface area (Å²) in [6, 6.07) is 33.3. The van der Waals surface area contributed by atoms with Crippen molar-refractivity contribution in [3.8, 4) is 22.3 Å². The van der Waals surface area contributed by atoms with Gasteiger partial charge in [-0.05, 0) is 0 Å². The van der Waals surface area contributed by atoms with Crippen molar-refractivity contribution in [2.75, 3.05) is 0 Å². The summed E-state index contributed by atoms with van der Waals surface area (Å²) in [5.74, 6) is -1.27. The molecule has 44 heavy (non-hydrogen) atoms. The van der Waals surface area contributed by atoms with E-state index >= 15 is 0 Å². The molecule has 0 fully saturated rings. The molecule has 0 spiro atoms. The SMILES string of the molecule is CCCCc1ccc(-c2ccccc2)c2c1[CH]([Zr]([Cl])([Cl])([CH]1C(C(C)C)=Cc3c(-c4ccccc4)cccc31)[SiH](C)C)C(C)=C2. The summed E-state index contributed by atoms with van der Waals surface area (Å²) in [6.45, 7) is 14.2. The number of hydrogen-bond donors (Lipinski definition) is 0. The molecule has 0 N–H and O–H groups in total. The van der Waals surface area contributed by atoms with Gasteiger partial charge in [0.25, 0.3) is 0 Å². The molecule has 4 heteroatoms. The van der Waals surface area contributed by atoms with Crippen LogP contribution in [0.25, 0.3) is 34.4 Å². The second kappa shape index (κ2) is 12.3. The van der Waals surface area contributed by atoms with Gasteiger partial charge in [0.15, 0.2) is 0 Å². The van der Waals surface area contributed by atoms with Crippen LogP contribution in [0.3, 0.4) is 0 Å². The first-order valence-corrected chi connectivity index (χ1v) is 32.8. The molecule has 0 bridgehead atoms. The molecule has 0 saturated heterocycles. The Balaban J connectivity index is 1.63. The van der Waals surface area contributed by atoms with E-state index in [9.17, 15) is 0 Å². The van der Waals surface area contributed by atoms with Gasteiger partial charge in [0, 0.05) is 0 Å². The topological polar surface area (TPSA) is 0 Å². The van der Waals surface area contributed by atoms with Gasteiger partial charge in [0.1, 0.15) is 0 Å². The van der Waals surface area contributed by atoms with Gasteiger partial charge in [-0.1, -0.05) is 0 Å². The number of fused-ring (bicyclic) bond motifs is 2. The average molecular weight is 716 g/mol. The number of hydrogen-bond acceptors (Lipinski definition) is 0. The Morgan fingerprint density at radius 3 is 1.91 bits per heavy atom. The Kier molecular flexibility index (Phi) is 8.97. The zero-order valence-corrected chi connectivity index (χ0v) is 32.1. The summed E-state index contributed by atoms with van der Waals surface area (Å²) in [4.78, 5) is 0. The van der Waals surface area contributed by atoms with E-state index in [1.165, 1.54) is 74.1 Å². The van der Waals surface area contributed by atoms with Crippen LogP contribution < -0.4 is 0 Å². The van der Waals surface area contributed by atoms with E-state index in [1.54, 1.807) is 0 Å². The minimum atomic E-state index is -4.83. The van der Waals surface area contributed by atoms with Gasteiger partial charge in [0.2, 0.25) is 0 Å². The van der Waals surface area contributed by atoms with Crippen molar-refractivity contribution in [2.24, 2.45) is 5.92 Å². The predicted molar refractivity (Wildman–Crippen MR) is 195 cm³/mol. The van der Waals surface area contributed by atoms with Crippen LogP contribution in [-0.2, 0) is 22.0 Å². The molecule has 227 valence electrons. The van der Waals surface area contributed by atoms with Gasteiger partial charge >= 0.3 is 276 Å².